The maximum atomic E-state index is 12.2. The van der Waals surface area contributed by atoms with Gasteiger partial charge in [-0.2, -0.15) is 5.10 Å². The summed E-state index contributed by atoms with van der Waals surface area (Å²) in [6, 6.07) is 0.104. The van der Waals surface area contributed by atoms with Crippen molar-refractivity contribution in [1.82, 2.24) is 15.5 Å². The first kappa shape index (κ1) is 13.6. The summed E-state index contributed by atoms with van der Waals surface area (Å²) in [6.45, 7) is 2.11. The van der Waals surface area contributed by atoms with Gasteiger partial charge in [-0.05, 0) is 31.6 Å². The number of nitrogens with two attached hydrogens (primary N) is 1. The Balaban J connectivity index is 1.87. The molecule has 4 N–H and O–H groups in total. The molecule has 2 saturated carbocycles. The van der Waals surface area contributed by atoms with Crippen molar-refractivity contribution in [2.45, 2.75) is 49.5 Å². The Morgan fingerprint density at radius 3 is 2.55 bits per heavy atom. The van der Waals surface area contributed by atoms with Crippen LogP contribution in [0.15, 0.2) is 4.90 Å². The van der Waals surface area contributed by atoms with Crippen LogP contribution in [0.4, 0.5) is 0 Å². The minimum absolute atomic E-state index is 0.103. The number of amides is 1. The minimum Gasteiger partial charge on any atom is -0.348 e. The zero-order chi connectivity index (χ0) is 14.5. The van der Waals surface area contributed by atoms with Gasteiger partial charge in [0, 0.05) is 12.0 Å². The largest absolute Gasteiger partial charge is 0.348 e. The highest BCUT2D eigenvalue weighted by Crippen LogP contribution is 2.42. The summed E-state index contributed by atoms with van der Waals surface area (Å²) in [5.74, 6) is 0.259. The van der Waals surface area contributed by atoms with E-state index in [9.17, 15) is 13.2 Å². The van der Waals surface area contributed by atoms with E-state index < -0.39 is 15.9 Å². The minimum atomic E-state index is -3.96. The molecule has 8 heteroatoms. The number of hydrogen-bond donors (Lipinski definition) is 3. The topological polar surface area (TPSA) is 118 Å². The standard InChI is InChI=1S/C12H18N4O3S/c1-6-4-8(5-6)14-12(17)10-11(20(13,18)19)9(15-16-10)7-2-3-7/h6-8H,2-5H2,1H3,(H,14,17)(H,15,16)(H2,13,18,19). The van der Waals surface area contributed by atoms with Gasteiger partial charge >= 0.3 is 0 Å². The van der Waals surface area contributed by atoms with Gasteiger partial charge in [-0.15, -0.1) is 0 Å². The van der Waals surface area contributed by atoms with Crippen LogP contribution in [-0.2, 0) is 10.0 Å². The van der Waals surface area contributed by atoms with Gasteiger partial charge in [0.1, 0.15) is 4.90 Å². The Hall–Kier alpha value is -1.41. The molecular formula is C12H18N4O3S. The number of carbonyl (C=O) groups is 1. The molecule has 2 aliphatic carbocycles. The van der Waals surface area contributed by atoms with Crippen LogP contribution < -0.4 is 10.5 Å². The lowest BCUT2D eigenvalue weighted by atomic mass is 9.82. The highest BCUT2D eigenvalue weighted by Gasteiger charge is 2.37. The maximum absolute atomic E-state index is 12.2. The van der Waals surface area contributed by atoms with Crippen molar-refractivity contribution in [3.05, 3.63) is 11.4 Å². The molecule has 1 amide bonds. The highest BCUT2D eigenvalue weighted by atomic mass is 32.2. The van der Waals surface area contributed by atoms with Crippen molar-refractivity contribution in [2.75, 3.05) is 0 Å². The average molecular weight is 298 g/mol. The molecule has 1 aromatic rings. The summed E-state index contributed by atoms with van der Waals surface area (Å²) in [5, 5.41) is 14.6. The molecule has 7 nitrogen and oxygen atoms in total. The molecule has 110 valence electrons. The van der Waals surface area contributed by atoms with Gasteiger partial charge in [-0.1, -0.05) is 6.92 Å². The van der Waals surface area contributed by atoms with Crippen LogP contribution in [0.5, 0.6) is 0 Å². The van der Waals surface area contributed by atoms with Gasteiger partial charge < -0.3 is 5.32 Å². The second kappa shape index (κ2) is 4.56. The van der Waals surface area contributed by atoms with Crippen LogP contribution in [0.1, 0.15) is 54.7 Å². The summed E-state index contributed by atoms with van der Waals surface area (Å²) in [7, 11) is -3.96. The molecule has 0 spiro atoms. The van der Waals surface area contributed by atoms with Crippen molar-refractivity contribution in [1.29, 1.82) is 0 Å². The maximum Gasteiger partial charge on any atom is 0.273 e. The molecule has 0 atom stereocenters. The number of nitrogens with zero attached hydrogens (tertiary/aromatic N) is 1. The van der Waals surface area contributed by atoms with Crippen molar-refractivity contribution in [3.8, 4) is 0 Å². The van der Waals surface area contributed by atoms with Crippen LogP contribution in [0.3, 0.4) is 0 Å². The Kier molecular flexibility index (Phi) is 3.09. The average Bonchev–Trinajstić information content (AvgIpc) is 3.04. The number of hydrogen-bond acceptors (Lipinski definition) is 4. The fourth-order valence-electron chi connectivity index (χ4n) is 2.71. The Labute approximate surface area is 117 Å². The van der Waals surface area contributed by atoms with E-state index in [0.717, 1.165) is 25.7 Å². The van der Waals surface area contributed by atoms with Crippen molar-refractivity contribution >= 4 is 15.9 Å². The summed E-state index contributed by atoms with van der Waals surface area (Å²) < 4.78 is 23.5. The quantitative estimate of drug-likeness (QED) is 0.748. The molecule has 0 unspecified atom stereocenters. The van der Waals surface area contributed by atoms with E-state index in [1.54, 1.807) is 0 Å². The fraction of sp³-hybridized carbons (Fsp3) is 0.667. The lowest BCUT2D eigenvalue weighted by molar-refractivity contribution is 0.0887. The van der Waals surface area contributed by atoms with Gasteiger partial charge in [0.15, 0.2) is 5.69 Å². The van der Waals surface area contributed by atoms with Crippen LogP contribution in [0.2, 0.25) is 0 Å². The zero-order valence-electron chi connectivity index (χ0n) is 11.2. The molecule has 20 heavy (non-hydrogen) atoms. The number of aromatic nitrogens is 2. The third-order valence-corrected chi connectivity index (χ3v) is 4.92. The van der Waals surface area contributed by atoms with E-state index in [-0.39, 0.29) is 22.5 Å². The Bertz CT molecular complexity index is 642. The number of aromatic amines is 1. The predicted octanol–water partition coefficient (Wildman–Crippen LogP) is 0.463. The van der Waals surface area contributed by atoms with Gasteiger partial charge in [-0.3, -0.25) is 9.89 Å². The van der Waals surface area contributed by atoms with E-state index in [1.807, 2.05) is 0 Å². The molecule has 0 aliphatic heterocycles. The molecule has 1 heterocycles. The van der Waals surface area contributed by atoms with Crippen LogP contribution in [0, 0.1) is 5.92 Å². The van der Waals surface area contributed by atoms with E-state index in [0.29, 0.717) is 11.6 Å². The normalized spacial score (nSPS) is 26.1. The summed E-state index contributed by atoms with van der Waals surface area (Å²) in [6.07, 6.45) is 3.62. The van der Waals surface area contributed by atoms with Crippen LogP contribution in [-0.4, -0.2) is 30.6 Å². The van der Waals surface area contributed by atoms with E-state index in [1.165, 1.54) is 0 Å². The zero-order valence-corrected chi connectivity index (χ0v) is 12.0. The smallest absolute Gasteiger partial charge is 0.273 e. The first-order chi connectivity index (χ1) is 9.36. The molecule has 1 aromatic heterocycles. The molecule has 0 saturated heterocycles. The lowest BCUT2D eigenvalue weighted by Crippen LogP contribution is -2.44. The van der Waals surface area contributed by atoms with E-state index in [2.05, 4.69) is 22.4 Å². The highest BCUT2D eigenvalue weighted by molar-refractivity contribution is 7.89. The van der Waals surface area contributed by atoms with E-state index >= 15 is 0 Å². The van der Waals surface area contributed by atoms with Gasteiger partial charge in [-0.25, -0.2) is 13.6 Å². The van der Waals surface area contributed by atoms with E-state index in [4.69, 9.17) is 5.14 Å². The number of carbonyl (C=O) groups excluding carboxylic acids is 1. The number of nitrogens with one attached hydrogen (secondary N) is 2. The van der Waals surface area contributed by atoms with Gasteiger partial charge in [0.25, 0.3) is 5.91 Å². The monoisotopic (exact) mass is 298 g/mol. The van der Waals surface area contributed by atoms with Crippen molar-refractivity contribution in [3.63, 3.8) is 0 Å². The Morgan fingerprint density at radius 1 is 1.40 bits per heavy atom. The predicted molar refractivity (Wildman–Crippen MR) is 71.6 cm³/mol. The molecule has 3 rings (SSSR count). The number of rotatable bonds is 4. The van der Waals surface area contributed by atoms with Crippen LogP contribution in [0.25, 0.3) is 0 Å². The molecule has 2 fully saturated rings. The molecule has 0 aromatic carbocycles. The third kappa shape index (κ3) is 2.45. The summed E-state index contributed by atoms with van der Waals surface area (Å²) >= 11 is 0. The molecule has 0 radical (unpaired) electrons. The fourth-order valence-corrected chi connectivity index (χ4v) is 3.64. The molecule has 0 bridgehead atoms. The van der Waals surface area contributed by atoms with Crippen LogP contribution >= 0.6 is 0 Å². The number of primary sulfonamides is 1. The number of sulfonamides is 1. The van der Waals surface area contributed by atoms with Crippen molar-refractivity contribution in [2.24, 2.45) is 11.1 Å². The van der Waals surface area contributed by atoms with Gasteiger partial charge in [0.2, 0.25) is 10.0 Å². The summed E-state index contributed by atoms with van der Waals surface area (Å²) in [5.41, 5.74) is 0.369. The Morgan fingerprint density at radius 2 is 2.05 bits per heavy atom. The number of H-pyrrole nitrogens is 1. The summed E-state index contributed by atoms with van der Waals surface area (Å²) in [4.78, 5) is 12.0. The molecule has 2 aliphatic rings. The van der Waals surface area contributed by atoms with Crippen molar-refractivity contribution < 1.29 is 13.2 Å². The first-order valence-corrected chi connectivity index (χ1v) is 8.33. The second-order valence-corrected chi connectivity index (χ2v) is 7.38. The van der Waals surface area contributed by atoms with Gasteiger partial charge in [0.05, 0.1) is 5.69 Å². The lowest BCUT2D eigenvalue weighted by Gasteiger charge is -2.33. The first-order valence-electron chi connectivity index (χ1n) is 6.78. The SMILES string of the molecule is CC1CC(NC(=O)c2n[nH]c(C3CC3)c2S(N)(=O)=O)C1. The third-order valence-electron chi connectivity index (χ3n) is 3.94. The second-order valence-electron chi connectivity index (χ2n) is 5.88. The molecular weight excluding hydrogens is 280 g/mol.